The molecule has 10 heteroatoms. The number of hydrogen-bond donors (Lipinski definition) is 3. The molecular weight excluding hydrogens is 420 g/mol. The van der Waals surface area contributed by atoms with E-state index in [1.165, 1.54) is 0 Å². The fourth-order valence-electron chi connectivity index (χ4n) is 5.30. The quantitative estimate of drug-likeness (QED) is 0.555. The van der Waals surface area contributed by atoms with Crippen LogP contribution in [0, 0.1) is 0 Å². The Kier molecular flexibility index (Phi) is 4.75. The molecule has 170 valence electrons. The van der Waals surface area contributed by atoms with Crippen LogP contribution in [-0.2, 0) is 10.3 Å². The van der Waals surface area contributed by atoms with Gasteiger partial charge in [-0.25, -0.2) is 9.97 Å². The van der Waals surface area contributed by atoms with E-state index in [0.717, 1.165) is 50.1 Å². The second-order valence-electron chi connectivity index (χ2n) is 9.08. The number of amides is 1. The van der Waals surface area contributed by atoms with Gasteiger partial charge in [-0.2, -0.15) is 4.98 Å². The van der Waals surface area contributed by atoms with E-state index in [1.54, 1.807) is 6.20 Å². The summed E-state index contributed by atoms with van der Waals surface area (Å²) < 4.78 is 1.98. The number of piperazine rings is 1. The minimum absolute atomic E-state index is 0.142. The zero-order chi connectivity index (χ0) is 22.4. The molecule has 3 aromatic rings. The van der Waals surface area contributed by atoms with Gasteiger partial charge in [0.2, 0.25) is 5.95 Å². The molecule has 3 aliphatic rings. The number of carbonyl (C=O) groups is 2. The Balaban J connectivity index is 1.32. The van der Waals surface area contributed by atoms with Crippen LogP contribution in [0.3, 0.4) is 0 Å². The Bertz CT molecular complexity index is 1230. The lowest BCUT2D eigenvalue weighted by atomic mass is 9.79. The SMILES string of the molecule is O=C1CCCC2(CNC(=O)c3cc4cnc(Nc5ccc(N6CCNCC6)cn5)nc4n32)C1. The number of hydrogen-bond acceptors (Lipinski definition) is 8. The number of nitrogens with zero attached hydrogens (tertiary/aromatic N) is 5. The van der Waals surface area contributed by atoms with Crippen LogP contribution in [0.25, 0.3) is 11.0 Å². The average Bonchev–Trinajstić information content (AvgIpc) is 3.24. The van der Waals surface area contributed by atoms with Gasteiger partial charge in [-0.05, 0) is 31.0 Å². The Hall–Kier alpha value is -3.53. The number of rotatable bonds is 3. The maximum Gasteiger partial charge on any atom is 0.268 e. The Morgan fingerprint density at radius 2 is 1.97 bits per heavy atom. The standard InChI is InChI=1S/C23H26N8O2/c32-17-2-1-5-23(11-17)14-27-21(33)18-10-15-12-26-22(29-20(15)31(18)23)28-19-4-3-16(13-25-19)30-8-6-24-7-9-30/h3-4,10,12-13,24H,1-2,5-9,11,14H2,(H,27,33)(H,25,26,28,29). The molecule has 0 bridgehead atoms. The zero-order valence-electron chi connectivity index (χ0n) is 18.3. The molecule has 0 aromatic carbocycles. The molecular formula is C23H26N8O2. The Labute approximate surface area is 190 Å². The maximum atomic E-state index is 12.6. The predicted octanol–water partition coefficient (Wildman–Crippen LogP) is 1.56. The third kappa shape index (κ3) is 3.50. The summed E-state index contributed by atoms with van der Waals surface area (Å²) in [5, 5.41) is 10.3. The van der Waals surface area contributed by atoms with Crippen LogP contribution >= 0.6 is 0 Å². The summed E-state index contributed by atoms with van der Waals surface area (Å²) >= 11 is 0. The molecule has 1 spiro atoms. The van der Waals surface area contributed by atoms with Gasteiger partial charge in [0.05, 0.1) is 17.4 Å². The minimum Gasteiger partial charge on any atom is -0.368 e. The number of fused-ring (bicyclic) bond motifs is 4. The third-order valence-corrected chi connectivity index (χ3v) is 6.92. The van der Waals surface area contributed by atoms with Crippen LogP contribution in [0.2, 0.25) is 0 Å². The van der Waals surface area contributed by atoms with Crippen molar-refractivity contribution in [2.24, 2.45) is 0 Å². The smallest absolute Gasteiger partial charge is 0.268 e. The Morgan fingerprint density at radius 3 is 2.76 bits per heavy atom. The lowest BCUT2D eigenvalue weighted by molar-refractivity contribution is -0.123. The molecule has 2 fully saturated rings. The normalized spacial score (nSPS) is 23.0. The molecule has 3 N–H and O–H groups in total. The van der Waals surface area contributed by atoms with Crippen LogP contribution in [-0.4, -0.2) is 63.9 Å². The molecule has 1 atom stereocenters. The molecule has 1 saturated heterocycles. The monoisotopic (exact) mass is 446 g/mol. The fraction of sp³-hybridized carbons (Fsp3) is 0.435. The summed E-state index contributed by atoms with van der Waals surface area (Å²) in [6.45, 7) is 4.31. The molecule has 3 aromatic heterocycles. The average molecular weight is 447 g/mol. The molecule has 2 aliphatic heterocycles. The van der Waals surface area contributed by atoms with E-state index in [0.29, 0.717) is 42.5 Å². The zero-order valence-corrected chi connectivity index (χ0v) is 18.3. The van der Waals surface area contributed by atoms with Crippen molar-refractivity contribution in [1.82, 2.24) is 30.2 Å². The number of Topliss-reactive ketones (excluding diaryl/α,β-unsaturated/α-hetero) is 1. The molecule has 1 aliphatic carbocycles. The number of carbonyl (C=O) groups excluding carboxylic acids is 2. The van der Waals surface area contributed by atoms with E-state index < -0.39 is 5.54 Å². The van der Waals surface area contributed by atoms with Gasteiger partial charge in [0, 0.05) is 57.1 Å². The van der Waals surface area contributed by atoms with Crippen molar-refractivity contribution in [2.45, 2.75) is 31.2 Å². The van der Waals surface area contributed by atoms with Crippen molar-refractivity contribution in [2.75, 3.05) is 42.9 Å². The van der Waals surface area contributed by atoms with Crippen molar-refractivity contribution in [1.29, 1.82) is 0 Å². The van der Waals surface area contributed by atoms with E-state index in [2.05, 4.69) is 30.8 Å². The van der Waals surface area contributed by atoms with E-state index in [-0.39, 0.29) is 11.7 Å². The van der Waals surface area contributed by atoms with Crippen molar-refractivity contribution in [3.8, 4) is 0 Å². The van der Waals surface area contributed by atoms with Crippen LogP contribution in [0.5, 0.6) is 0 Å². The first-order valence-corrected chi connectivity index (χ1v) is 11.5. The van der Waals surface area contributed by atoms with Crippen molar-refractivity contribution < 1.29 is 9.59 Å². The van der Waals surface area contributed by atoms with Crippen LogP contribution in [0.4, 0.5) is 17.5 Å². The lowest BCUT2D eigenvalue weighted by Crippen LogP contribution is -2.53. The van der Waals surface area contributed by atoms with E-state index in [9.17, 15) is 9.59 Å². The first-order chi connectivity index (χ1) is 16.1. The van der Waals surface area contributed by atoms with E-state index >= 15 is 0 Å². The molecule has 6 rings (SSSR count). The fourth-order valence-corrected chi connectivity index (χ4v) is 5.30. The first-order valence-electron chi connectivity index (χ1n) is 11.5. The molecule has 5 heterocycles. The first kappa shape index (κ1) is 20.1. The highest BCUT2D eigenvalue weighted by Gasteiger charge is 2.44. The third-order valence-electron chi connectivity index (χ3n) is 6.92. The number of pyridine rings is 1. The van der Waals surface area contributed by atoms with E-state index in [1.807, 2.05) is 29.0 Å². The molecule has 0 radical (unpaired) electrons. The largest absolute Gasteiger partial charge is 0.368 e. The van der Waals surface area contributed by atoms with Crippen LogP contribution in [0.15, 0.2) is 30.6 Å². The summed E-state index contributed by atoms with van der Waals surface area (Å²) in [6, 6.07) is 5.79. The summed E-state index contributed by atoms with van der Waals surface area (Å²) in [5.74, 6) is 1.15. The molecule has 1 amide bonds. The van der Waals surface area contributed by atoms with Crippen LogP contribution in [0.1, 0.15) is 36.2 Å². The van der Waals surface area contributed by atoms with Gasteiger partial charge in [-0.15, -0.1) is 0 Å². The highest BCUT2D eigenvalue weighted by molar-refractivity contribution is 5.99. The second kappa shape index (κ2) is 7.80. The van der Waals surface area contributed by atoms with Crippen LogP contribution < -0.4 is 20.9 Å². The molecule has 1 saturated carbocycles. The van der Waals surface area contributed by atoms with Crippen molar-refractivity contribution >= 4 is 40.2 Å². The van der Waals surface area contributed by atoms with Crippen molar-refractivity contribution in [3.05, 3.63) is 36.3 Å². The highest BCUT2D eigenvalue weighted by atomic mass is 16.2. The topological polar surface area (TPSA) is 117 Å². The molecule has 1 unspecified atom stereocenters. The van der Waals surface area contributed by atoms with E-state index in [4.69, 9.17) is 4.98 Å². The van der Waals surface area contributed by atoms with Gasteiger partial charge >= 0.3 is 0 Å². The number of aromatic nitrogens is 4. The number of nitrogens with one attached hydrogen (secondary N) is 3. The van der Waals surface area contributed by atoms with Gasteiger partial charge < -0.3 is 25.4 Å². The summed E-state index contributed by atoms with van der Waals surface area (Å²) in [6.07, 6.45) is 6.23. The number of anilines is 3. The minimum atomic E-state index is -0.463. The van der Waals surface area contributed by atoms with Gasteiger partial charge in [0.15, 0.2) is 0 Å². The maximum absolute atomic E-state index is 12.6. The number of ketones is 1. The van der Waals surface area contributed by atoms with Gasteiger partial charge in [-0.3, -0.25) is 9.59 Å². The summed E-state index contributed by atoms with van der Waals surface area (Å²) in [4.78, 5) is 41.0. The van der Waals surface area contributed by atoms with Gasteiger partial charge in [-0.1, -0.05) is 0 Å². The lowest BCUT2D eigenvalue weighted by Gasteiger charge is -2.42. The molecule has 33 heavy (non-hydrogen) atoms. The van der Waals surface area contributed by atoms with Gasteiger partial charge in [0.1, 0.15) is 22.9 Å². The summed E-state index contributed by atoms with van der Waals surface area (Å²) in [5.41, 5.74) is 1.84. The van der Waals surface area contributed by atoms with Gasteiger partial charge in [0.25, 0.3) is 5.91 Å². The summed E-state index contributed by atoms with van der Waals surface area (Å²) in [7, 11) is 0. The second-order valence-corrected chi connectivity index (χ2v) is 9.08. The predicted molar refractivity (Wildman–Crippen MR) is 124 cm³/mol. The van der Waals surface area contributed by atoms with Crippen molar-refractivity contribution in [3.63, 3.8) is 0 Å². The Morgan fingerprint density at radius 1 is 1.09 bits per heavy atom. The molecule has 10 nitrogen and oxygen atoms in total. The highest BCUT2D eigenvalue weighted by Crippen LogP contribution is 2.39.